The van der Waals surface area contributed by atoms with Crippen molar-refractivity contribution in [2.45, 2.75) is 162 Å². The zero-order valence-electron chi connectivity index (χ0n) is 22.8. The summed E-state index contributed by atoms with van der Waals surface area (Å²) in [5.74, 6) is -1.62. The van der Waals surface area contributed by atoms with E-state index in [9.17, 15) is 5.11 Å². The van der Waals surface area contributed by atoms with Crippen molar-refractivity contribution in [1.29, 1.82) is 0 Å². The SMILES string of the molecule is CCCCCCCOC(CCCCC)C(O)(OCCCCCCC)OCCCCCCC.[Ti]. The Labute approximate surface area is 222 Å². The predicted molar refractivity (Wildman–Crippen MR) is 137 cm³/mol. The third kappa shape index (κ3) is 21.5. The maximum Gasteiger partial charge on any atom is 0.308 e. The van der Waals surface area contributed by atoms with E-state index in [1.54, 1.807) is 0 Å². The minimum atomic E-state index is -1.62. The largest absolute Gasteiger partial charge is 0.370 e. The average Bonchev–Trinajstić information content (AvgIpc) is 2.79. The first-order valence-electron chi connectivity index (χ1n) is 14.3. The molecule has 0 aliphatic carbocycles. The molecular formula is C28H58O4Ti. The summed E-state index contributed by atoms with van der Waals surface area (Å²) in [6.45, 7) is 10.6. The molecule has 0 amide bonds. The first-order chi connectivity index (χ1) is 15.6. The van der Waals surface area contributed by atoms with Crippen LogP contribution in [0.4, 0.5) is 0 Å². The fourth-order valence-corrected chi connectivity index (χ4v) is 3.96. The van der Waals surface area contributed by atoms with Crippen molar-refractivity contribution in [2.24, 2.45) is 0 Å². The molecule has 0 aromatic heterocycles. The fourth-order valence-electron chi connectivity index (χ4n) is 3.96. The molecule has 33 heavy (non-hydrogen) atoms. The normalized spacial score (nSPS) is 12.6. The maximum absolute atomic E-state index is 11.4. The van der Waals surface area contributed by atoms with Crippen LogP contribution in [0.3, 0.4) is 0 Å². The van der Waals surface area contributed by atoms with Crippen molar-refractivity contribution in [3.05, 3.63) is 0 Å². The second-order valence-corrected chi connectivity index (χ2v) is 9.43. The minimum Gasteiger partial charge on any atom is -0.370 e. The zero-order valence-corrected chi connectivity index (χ0v) is 24.4. The van der Waals surface area contributed by atoms with E-state index >= 15 is 0 Å². The van der Waals surface area contributed by atoms with E-state index in [2.05, 4.69) is 27.7 Å². The van der Waals surface area contributed by atoms with E-state index in [4.69, 9.17) is 14.2 Å². The van der Waals surface area contributed by atoms with Crippen molar-refractivity contribution < 1.29 is 41.0 Å². The third-order valence-corrected chi connectivity index (χ3v) is 6.16. The third-order valence-electron chi connectivity index (χ3n) is 6.16. The number of rotatable bonds is 26. The molecule has 5 heteroatoms. The van der Waals surface area contributed by atoms with E-state index in [0.29, 0.717) is 19.8 Å². The maximum atomic E-state index is 11.4. The summed E-state index contributed by atoms with van der Waals surface area (Å²) < 4.78 is 18.3. The number of aliphatic hydroxyl groups is 1. The molecule has 1 unspecified atom stereocenters. The van der Waals surface area contributed by atoms with E-state index in [1.807, 2.05) is 0 Å². The standard InChI is InChI=1S/C28H58O4.Ti/c1-5-9-13-16-20-24-30-27(23-19-12-8-4)28(29,31-25-21-17-14-10-6-2)32-26-22-18-15-11-7-3;/h27,29H,5-26H2,1-4H3;. The van der Waals surface area contributed by atoms with Gasteiger partial charge in [0.25, 0.3) is 0 Å². The Bertz CT molecular complexity index is 352. The minimum absolute atomic E-state index is 0. The first kappa shape index (κ1) is 35.7. The molecule has 1 N–H and O–H groups in total. The van der Waals surface area contributed by atoms with Crippen molar-refractivity contribution in [1.82, 2.24) is 0 Å². The van der Waals surface area contributed by atoms with Gasteiger partial charge in [-0.25, -0.2) is 0 Å². The molecule has 198 valence electrons. The van der Waals surface area contributed by atoms with Crippen LogP contribution >= 0.6 is 0 Å². The Morgan fingerprint density at radius 1 is 0.515 bits per heavy atom. The van der Waals surface area contributed by atoms with Crippen molar-refractivity contribution in [2.75, 3.05) is 19.8 Å². The molecule has 0 bridgehead atoms. The summed E-state index contributed by atoms with van der Waals surface area (Å²) in [6.07, 6.45) is 21.3. The van der Waals surface area contributed by atoms with E-state index < -0.39 is 12.1 Å². The number of hydrogen-bond donors (Lipinski definition) is 1. The molecule has 4 nitrogen and oxygen atoms in total. The number of unbranched alkanes of at least 4 members (excludes halogenated alkanes) is 14. The monoisotopic (exact) mass is 506 g/mol. The van der Waals surface area contributed by atoms with E-state index in [-0.39, 0.29) is 21.7 Å². The summed E-state index contributed by atoms with van der Waals surface area (Å²) in [7, 11) is 0. The van der Waals surface area contributed by atoms with Gasteiger partial charge in [-0.2, -0.15) is 0 Å². The Kier molecular flexibility index (Phi) is 29.4. The molecule has 0 rings (SSSR count). The fraction of sp³-hybridized carbons (Fsp3) is 1.00. The number of ether oxygens (including phenoxy) is 3. The molecule has 0 spiro atoms. The van der Waals surface area contributed by atoms with E-state index in [0.717, 1.165) is 57.8 Å². The number of hydrogen-bond acceptors (Lipinski definition) is 4. The van der Waals surface area contributed by atoms with Crippen LogP contribution in [-0.4, -0.2) is 37.0 Å². The predicted octanol–water partition coefficient (Wildman–Crippen LogP) is 8.54. The summed E-state index contributed by atoms with van der Waals surface area (Å²) in [4.78, 5) is 0. The first-order valence-corrected chi connectivity index (χ1v) is 14.3. The Morgan fingerprint density at radius 3 is 1.30 bits per heavy atom. The van der Waals surface area contributed by atoms with Crippen LogP contribution in [-0.2, 0) is 35.9 Å². The summed E-state index contributed by atoms with van der Waals surface area (Å²) in [5, 5.41) is 11.4. The van der Waals surface area contributed by atoms with Gasteiger partial charge in [0, 0.05) is 28.3 Å². The molecule has 0 saturated carbocycles. The second kappa shape index (κ2) is 27.1. The van der Waals surface area contributed by atoms with Gasteiger partial charge < -0.3 is 19.3 Å². The summed E-state index contributed by atoms with van der Waals surface area (Å²) in [5.41, 5.74) is 0. The van der Waals surface area contributed by atoms with Gasteiger partial charge >= 0.3 is 5.97 Å². The summed E-state index contributed by atoms with van der Waals surface area (Å²) in [6, 6.07) is 0. The average molecular weight is 507 g/mol. The van der Waals surface area contributed by atoms with Gasteiger partial charge in [-0.3, -0.25) is 0 Å². The smallest absolute Gasteiger partial charge is 0.308 e. The molecule has 0 aliphatic heterocycles. The molecule has 1 atom stereocenters. The Balaban J connectivity index is 0. The van der Waals surface area contributed by atoms with Crippen LogP contribution in [0, 0.1) is 0 Å². The van der Waals surface area contributed by atoms with Crippen LogP contribution in [0.2, 0.25) is 0 Å². The second-order valence-electron chi connectivity index (χ2n) is 9.43. The van der Waals surface area contributed by atoms with Crippen LogP contribution in [0.1, 0.15) is 150 Å². The summed E-state index contributed by atoms with van der Waals surface area (Å²) >= 11 is 0. The van der Waals surface area contributed by atoms with Crippen LogP contribution in [0.15, 0.2) is 0 Å². The Morgan fingerprint density at radius 2 is 0.879 bits per heavy atom. The van der Waals surface area contributed by atoms with Crippen LogP contribution in [0.5, 0.6) is 0 Å². The quantitative estimate of drug-likeness (QED) is 0.0725. The van der Waals surface area contributed by atoms with Gasteiger partial charge in [0.1, 0.15) is 6.10 Å². The molecule has 0 radical (unpaired) electrons. The van der Waals surface area contributed by atoms with Crippen molar-refractivity contribution in [3.8, 4) is 0 Å². The topological polar surface area (TPSA) is 47.9 Å². The molecule has 0 aliphatic rings. The van der Waals surface area contributed by atoms with Gasteiger partial charge in [0.15, 0.2) is 0 Å². The van der Waals surface area contributed by atoms with Crippen molar-refractivity contribution in [3.63, 3.8) is 0 Å². The van der Waals surface area contributed by atoms with Crippen LogP contribution < -0.4 is 0 Å². The molecule has 0 saturated heterocycles. The van der Waals surface area contributed by atoms with Crippen molar-refractivity contribution >= 4 is 0 Å². The van der Waals surface area contributed by atoms with Gasteiger partial charge in [0.05, 0.1) is 13.2 Å². The van der Waals surface area contributed by atoms with Gasteiger partial charge in [-0.15, -0.1) is 0 Å². The van der Waals surface area contributed by atoms with Gasteiger partial charge in [0.2, 0.25) is 0 Å². The molecule has 0 aromatic rings. The molecule has 0 aromatic carbocycles. The van der Waals surface area contributed by atoms with Gasteiger partial charge in [-0.05, 0) is 25.7 Å². The van der Waals surface area contributed by atoms with E-state index in [1.165, 1.54) is 64.2 Å². The zero-order chi connectivity index (χ0) is 23.8. The Hall–Kier alpha value is 0.554. The van der Waals surface area contributed by atoms with Crippen LogP contribution in [0.25, 0.3) is 0 Å². The molecular weight excluding hydrogens is 448 g/mol. The van der Waals surface area contributed by atoms with Gasteiger partial charge in [-0.1, -0.05) is 124 Å². The molecule has 0 heterocycles. The molecule has 0 fully saturated rings.